The molecule has 0 unspecified atom stereocenters. The molecule has 0 N–H and O–H groups in total. The van der Waals surface area contributed by atoms with Crippen LogP contribution in [0.4, 0.5) is 5.82 Å². The summed E-state index contributed by atoms with van der Waals surface area (Å²) in [5, 5.41) is 0. The van der Waals surface area contributed by atoms with Crippen LogP contribution in [0, 0.1) is 19.8 Å². The third kappa shape index (κ3) is 2.81. The van der Waals surface area contributed by atoms with E-state index in [9.17, 15) is 0 Å². The van der Waals surface area contributed by atoms with Crippen molar-refractivity contribution in [2.45, 2.75) is 33.2 Å². The van der Waals surface area contributed by atoms with Crippen molar-refractivity contribution < 1.29 is 0 Å². The minimum atomic E-state index is 0.659. The van der Waals surface area contributed by atoms with Crippen LogP contribution in [-0.2, 0) is 6.54 Å². The zero-order valence-corrected chi connectivity index (χ0v) is 12.2. The van der Waals surface area contributed by atoms with E-state index in [1.807, 2.05) is 13.1 Å². The molecule has 0 spiro atoms. The van der Waals surface area contributed by atoms with E-state index in [0.717, 1.165) is 37.0 Å². The minimum Gasteiger partial charge on any atom is -0.356 e. The molecule has 0 aliphatic carbocycles. The van der Waals surface area contributed by atoms with E-state index in [1.54, 1.807) is 6.33 Å². The lowest BCUT2D eigenvalue weighted by Gasteiger charge is -2.34. The van der Waals surface area contributed by atoms with Crippen molar-refractivity contribution in [2.75, 3.05) is 18.0 Å². The smallest absolute Gasteiger partial charge is 0.132 e. The van der Waals surface area contributed by atoms with Crippen molar-refractivity contribution in [3.63, 3.8) is 0 Å². The van der Waals surface area contributed by atoms with Gasteiger partial charge in [0.25, 0.3) is 0 Å². The molecule has 0 bridgehead atoms. The SMILES string of the molecule is Cc1cc(N2CCC[C@H](Cn3ccnc3C)C2)ncn1. The maximum atomic E-state index is 4.41. The van der Waals surface area contributed by atoms with E-state index in [4.69, 9.17) is 0 Å². The molecule has 0 aromatic carbocycles. The van der Waals surface area contributed by atoms with Gasteiger partial charge in [0.15, 0.2) is 0 Å². The lowest BCUT2D eigenvalue weighted by atomic mass is 9.98. The molecule has 2 aromatic rings. The Bertz CT molecular complexity index is 577. The van der Waals surface area contributed by atoms with E-state index in [0.29, 0.717) is 5.92 Å². The summed E-state index contributed by atoms with van der Waals surface area (Å²) in [6.07, 6.45) is 8.11. The Hall–Kier alpha value is -1.91. The van der Waals surface area contributed by atoms with Gasteiger partial charge in [0.2, 0.25) is 0 Å². The van der Waals surface area contributed by atoms with Gasteiger partial charge < -0.3 is 9.47 Å². The Morgan fingerprint density at radius 2 is 2.15 bits per heavy atom. The molecule has 1 aliphatic heterocycles. The van der Waals surface area contributed by atoms with Gasteiger partial charge in [-0.2, -0.15) is 0 Å². The first-order valence-corrected chi connectivity index (χ1v) is 7.23. The summed E-state index contributed by atoms with van der Waals surface area (Å²) in [4.78, 5) is 15.3. The number of nitrogens with zero attached hydrogens (tertiary/aromatic N) is 5. The number of piperidine rings is 1. The molecular weight excluding hydrogens is 250 g/mol. The molecule has 1 atom stereocenters. The first-order chi connectivity index (χ1) is 9.72. The van der Waals surface area contributed by atoms with Crippen molar-refractivity contribution in [2.24, 2.45) is 5.92 Å². The number of aromatic nitrogens is 4. The Morgan fingerprint density at radius 1 is 1.25 bits per heavy atom. The van der Waals surface area contributed by atoms with Crippen LogP contribution in [0.2, 0.25) is 0 Å². The molecule has 5 heteroatoms. The molecule has 0 saturated carbocycles. The summed E-state index contributed by atoms with van der Waals surface area (Å²) < 4.78 is 2.25. The van der Waals surface area contributed by atoms with Crippen LogP contribution in [0.5, 0.6) is 0 Å². The molecule has 20 heavy (non-hydrogen) atoms. The van der Waals surface area contributed by atoms with E-state index >= 15 is 0 Å². The van der Waals surface area contributed by atoms with Crippen molar-refractivity contribution >= 4 is 5.82 Å². The normalized spacial score (nSPS) is 19.3. The van der Waals surface area contributed by atoms with Crippen molar-refractivity contribution in [3.8, 4) is 0 Å². The van der Waals surface area contributed by atoms with Crippen LogP contribution in [0.25, 0.3) is 0 Å². The van der Waals surface area contributed by atoms with Crippen LogP contribution < -0.4 is 4.90 Å². The summed E-state index contributed by atoms with van der Waals surface area (Å²) in [7, 11) is 0. The highest BCUT2D eigenvalue weighted by molar-refractivity contribution is 5.39. The number of rotatable bonds is 3. The lowest BCUT2D eigenvalue weighted by Crippen LogP contribution is -2.37. The zero-order chi connectivity index (χ0) is 13.9. The van der Waals surface area contributed by atoms with Gasteiger partial charge in [-0.15, -0.1) is 0 Å². The molecule has 2 aromatic heterocycles. The van der Waals surface area contributed by atoms with Gasteiger partial charge in [0, 0.05) is 43.8 Å². The number of anilines is 1. The molecule has 106 valence electrons. The quantitative estimate of drug-likeness (QED) is 0.858. The number of hydrogen-bond donors (Lipinski definition) is 0. The molecule has 3 heterocycles. The first kappa shape index (κ1) is 13.1. The monoisotopic (exact) mass is 271 g/mol. The van der Waals surface area contributed by atoms with E-state index in [-0.39, 0.29) is 0 Å². The summed E-state index contributed by atoms with van der Waals surface area (Å²) in [6, 6.07) is 2.07. The highest BCUT2D eigenvalue weighted by Crippen LogP contribution is 2.23. The average molecular weight is 271 g/mol. The fraction of sp³-hybridized carbons (Fsp3) is 0.533. The van der Waals surface area contributed by atoms with Crippen LogP contribution in [0.15, 0.2) is 24.8 Å². The van der Waals surface area contributed by atoms with Gasteiger partial charge in [-0.05, 0) is 32.6 Å². The largest absolute Gasteiger partial charge is 0.356 e. The number of hydrogen-bond acceptors (Lipinski definition) is 4. The van der Waals surface area contributed by atoms with Crippen LogP contribution >= 0.6 is 0 Å². The highest BCUT2D eigenvalue weighted by Gasteiger charge is 2.21. The third-order valence-corrected chi connectivity index (χ3v) is 4.01. The topological polar surface area (TPSA) is 46.8 Å². The summed E-state index contributed by atoms with van der Waals surface area (Å²) in [5.74, 6) is 2.82. The Balaban J connectivity index is 1.69. The van der Waals surface area contributed by atoms with Crippen LogP contribution in [-0.4, -0.2) is 32.6 Å². The molecular formula is C15H21N5. The van der Waals surface area contributed by atoms with Gasteiger partial charge in [-0.1, -0.05) is 0 Å². The fourth-order valence-electron chi connectivity index (χ4n) is 2.91. The fourth-order valence-corrected chi connectivity index (χ4v) is 2.91. The van der Waals surface area contributed by atoms with Crippen molar-refractivity contribution in [1.29, 1.82) is 0 Å². The molecule has 0 radical (unpaired) electrons. The maximum Gasteiger partial charge on any atom is 0.132 e. The van der Waals surface area contributed by atoms with E-state index in [2.05, 4.69) is 43.6 Å². The molecule has 1 fully saturated rings. The Labute approximate surface area is 119 Å². The van der Waals surface area contributed by atoms with Crippen molar-refractivity contribution in [1.82, 2.24) is 19.5 Å². The third-order valence-electron chi connectivity index (χ3n) is 4.01. The van der Waals surface area contributed by atoms with Gasteiger partial charge >= 0.3 is 0 Å². The molecule has 1 aliphatic rings. The molecule has 1 saturated heterocycles. The summed E-state index contributed by atoms with van der Waals surface area (Å²) in [6.45, 7) is 7.28. The second-order valence-corrected chi connectivity index (χ2v) is 5.60. The number of imidazole rings is 1. The zero-order valence-electron chi connectivity index (χ0n) is 12.2. The molecule has 0 amide bonds. The van der Waals surface area contributed by atoms with Gasteiger partial charge in [0.05, 0.1) is 0 Å². The van der Waals surface area contributed by atoms with Gasteiger partial charge in [-0.3, -0.25) is 0 Å². The van der Waals surface area contributed by atoms with Crippen molar-refractivity contribution in [3.05, 3.63) is 36.3 Å². The lowest BCUT2D eigenvalue weighted by molar-refractivity contribution is 0.362. The minimum absolute atomic E-state index is 0.659. The van der Waals surface area contributed by atoms with Crippen LogP contribution in [0.1, 0.15) is 24.4 Å². The first-order valence-electron chi connectivity index (χ1n) is 7.23. The van der Waals surface area contributed by atoms with Crippen LogP contribution in [0.3, 0.4) is 0 Å². The summed E-state index contributed by atoms with van der Waals surface area (Å²) >= 11 is 0. The van der Waals surface area contributed by atoms with Gasteiger partial charge in [0.1, 0.15) is 18.0 Å². The van der Waals surface area contributed by atoms with E-state index < -0.39 is 0 Å². The van der Waals surface area contributed by atoms with E-state index in [1.165, 1.54) is 12.8 Å². The number of aryl methyl sites for hydroxylation is 2. The predicted octanol–water partition coefficient (Wildman–Crippen LogP) is 2.21. The molecule has 5 nitrogen and oxygen atoms in total. The standard InChI is InChI=1S/C15H21N5/c1-12-8-15(18-11-17-12)20-6-3-4-14(10-20)9-19-7-5-16-13(19)2/h5,7-8,11,14H,3-4,6,9-10H2,1-2H3/t14-/m1/s1. The average Bonchev–Trinajstić information content (AvgIpc) is 2.85. The summed E-state index contributed by atoms with van der Waals surface area (Å²) in [5.41, 5.74) is 1.03. The Kier molecular flexibility index (Phi) is 3.67. The maximum absolute atomic E-state index is 4.41. The molecule has 3 rings (SSSR count). The second-order valence-electron chi connectivity index (χ2n) is 5.60. The Morgan fingerprint density at radius 3 is 2.90 bits per heavy atom. The predicted molar refractivity (Wildman–Crippen MR) is 78.7 cm³/mol. The second kappa shape index (κ2) is 5.61. The highest BCUT2D eigenvalue weighted by atomic mass is 15.2. The van der Waals surface area contributed by atoms with Gasteiger partial charge in [-0.25, -0.2) is 15.0 Å².